The topological polar surface area (TPSA) is 49.8 Å². The summed E-state index contributed by atoms with van der Waals surface area (Å²) in [5.74, 6) is 0.0880. The van der Waals surface area contributed by atoms with Crippen molar-refractivity contribution in [2.75, 3.05) is 13.1 Å². The zero-order valence-electron chi connectivity index (χ0n) is 10.3. The third-order valence-electron chi connectivity index (χ3n) is 2.60. The fraction of sp³-hybridized carbons (Fsp3) is 0.750. The van der Waals surface area contributed by atoms with Crippen LogP contribution in [-0.4, -0.2) is 40.9 Å². The minimum Gasteiger partial charge on any atom is -0.444 e. The van der Waals surface area contributed by atoms with Crippen molar-refractivity contribution in [2.45, 2.75) is 38.9 Å². The van der Waals surface area contributed by atoms with Gasteiger partial charge in [0.2, 0.25) is 0 Å². The molecular formula is C12H21NO3. The molecule has 1 heterocycles. The minimum absolute atomic E-state index is 0.0880. The maximum Gasteiger partial charge on any atom is 0.410 e. The maximum atomic E-state index is 11.7. The first kappa shape index (κ1) is 13.0. The predicted octanol–water partition coefficient (Wildman–Crippen LogP) is 1.79. The summed E-state index contributed by atoms with van der Waals surface area (Å²) in [6, 6.07) is 0. The van der Waals surface area contributed by atoms with Crippen molar-refractivity contribution in [3.05, 3.63) is 12.7 Å². The van der Waals surface area contributed by atoms with Crippen LogP contribution in [0.3, 0.4) is 0 Å². The SMILES string of the molecule is C=CC(O)C1CCN(C(=O)OC(C)(C)C)C1. The Morgan fingerprint density at radius 2 is 2.25 bits per heavy atom. The summed E-state index contributed by atoms with van der Waals surface area (Å²) < 4.78 is 5.26. The maximum absolute atomic E-state index is 11.7. The summed E-state index contributed by atoms with van der Waals surface area (Å²) in [5.41, 5.74) is -0.466. The van der Waals surface area contributed by atoms with E-state index in [9.17, 15) is 9.90 Å². The third-order valence-corrected chi connectivity index (χ3v) is 2.60. The molecule has 1 aliphatic heterocycles. The molecule has 1 rings (SSSR count). The van der Waals surface area contributed by atoms with Crippen molar-refractivity contribution in [2.24, 2.45) is 5.92 Å². The highest BCUT2D eigenvalue weighted by Crippen LogP contribution is 2.22. The Bertz CT molecular complexity index is 270. The molecule has 1 fully saturated rings. The number of aliphatic hydroxyl groups is 1. The molecule has 2 atom stereocenters. The second kappa shape index (κ2) is 4.87. The van der Waals surface area contributed by atoms with E-state index in [1.165, 1.54) is 6.08 Å². The molecule has 16 heavy (non-hydrogen) atoms. The molecule has 0 spiro atoms. The lowest BCUT2D eigenvalue weighted by molar-refractivity contribution is 0.0277. The van der Waals surface area contributed by atoms with E-state index in [-0.39, 0.29) is 12.0 Å². The van der Waals surface area contributed by atoms with Crippen molar-refractivity contribution in [1.29, 1.82) is 0 Å². The highest BCUT2D eigenvalue weighted by molar-refractivity contribution is 5.68. The molecule has 0 radical (unpaired) electrons. The largest absolute Gasteiger partial charge is 0.444 e. The van der Waals surface area contributed by atoms with Crippen LogP contribution in [-0.2, 0) is 4.74 Å². The molecule has 4 heteroatoms. The summed E-state index contributed by atoms with van der Waals surface area (Å²) >= 11 is 0. The Labute approximate surface area is 96.9 Å². The molecule has 0 aromatic rings. The standard InChI is InChI=1S/C12H21NO3/c1-5-10(14)9-6-7-13(8-9)11(15)16-12(2,3)4/h5,9-10,14H,1,6-8H2,2-4H3. The van der Waals surface area contributed by atoms with E-state index < -0.39 is 11.7 Å². The summed E-state index contributed by atoms with van der Waals surface area (Å²) in [4.78, 5) is 13.4. The molecule has 1 saturated heterocycles. The van der Waals surface area contributed by atoms with E-state index in [0.717, 1.165) is 6.42 Å². The zero-order chi connectivity index (χ0) is 12.3. The van der Waals surface area contributed by atoms with Gasteiger partial charge >= 0.3 is 6.09 Å². The molecule has 0 saturated carbocycles. The molecule has 0 aromatic heterocycles. The Hall–Kier alpha value is -1.03. The number of hydrogen-bond donors (Lipinski definition) is 1. The molecule has 1 N–H and O–H groups in total. The van der Waals surface area contributed by atoms with Crippen molar-refractivity contribution >= 4 is 6.09 Å². The number of rotatable bonds is 2. The van der Waals surface area contributed by atoms with Crippen LogP contribution in [0, 0.1) is 5.92 Å². The van der Waals surface area contributed by atoms with Gasteiger partial charge in [0.15, 0.2) is 0 Å². The number of hydrogen-bond acceptors (Lipinski definition) is 3. The highest BCUT2D eigenvalue weighted by atomic mass is 16.6. The van der Waals surface area contributed by atoms with Crippen LogP contribution in [0.5, 0.6) is 0 Å². The summed E-state index contributed by atoms with van der Waals surface area (Å²) in [5, 5.41) is 9.59. The van der Waals surface area contributed by atoms with Gasteiger partial charge in [-0.3, -0.25) is 0 Å². The van der Waals surface area contributed by atoms with Crippen LogP contribution in [0.4, 0.5) is 4.79 Å². The van der Waals surface area contributed by atoms with Crippen LogP contribution in [0.2, 0.25) is 0 Å². The number of amides is 1. The lowest BCUT2D eigenvalue weighted by atomic mass is 10.0. The van der Waals surface area contributed by atoms with Crippen LogP contribution in [0.15, 0.2) is 12.7 Å². The number of likely N-dealkylation sites (tertiary alicyclic amines) is 1. The van der Waals surface area contributed by atoms with Crippen molar-refractivity contribution in [1.82, 2.24) is 4.90 Å². The van der Waals surface area contributed by atoms with Crippen LogP contribution < -0.4 is 0 Å². The average molecular weight is 227 g/mol. The zero-order valence-corrected chi connectivity index (χ0v) is 10.3. The van der Waals surface area contributed by atoms with Gasteiger partial charge in [-0.2, -0.15) is 0 Å². The lowest BCUT2D eigenvalue weighted by Crippen LogP contribution is -2.36. The Morgan fingerprint density at radius 3 is 2.75 bits per heavy atom. The Kier molecular flexibility index (Phi) is 3.97. The number of carbonyl (C=O) groups excluding carboxylic acids is 1. The van der Waals surface area contributed by atoms with Crippen LogP contribution in [0.1, 0.15) is 27.2 Å². The van der Waals surface area contributed by atoms with Gasteiger partial charge < -0.3 is 14.7 Å². The number of nitrogens with zero attached hydrogens (tertiary/aromatic N) is 1. The van der Waals surface area contributed by atoms with E-state index in [1.54, 1.807) is 4.90 Å². The van der Waals surface area contributed by atoms with Crippen molar-refractivity contribution < 1.29 is 14.6 Å². The minimum atomic E-state index is -0.535. The summed E-state index contributed by atoms with van der Waals surface area (Å²) in [7, 11) is 0. The normalized spacial score (nSPS) is 23.0. The van der Waals surface area contributed by atoms with Gasteiger partial charge in [0.1, 0.15) is 5.60 Å². The van der Waals surface area contributed by atoms with E-state index in [4.69, 9.17) is 4.74 Å². The second-order valence-electron chi connectivity index (χ2n) is 5.20. The van der Waals surface area contributed by atoms with E-state index in [2.05, 4.69) is 6.58 Å². The van der Waals surface area contributed by atoms with E-state index in [1.807, 2.05) is 20.8 Å². The smallest absolute Gasteiger partial charge is 0.410 e. The van der Waals surface area contributed by atoms with Crippen molar-refractivity contribution in [3.8, 4) is 0 Å². The Balaban J connectivity index is 2.47. The van der Waals surface area contributed by atoms with Gasteiger partial charge in [-0.15, -0.1) is 6.58 Å². The first-order chi connectivity index (χ1) is 7.33. The molecule has 1 amide bonds. The van der Waals surface area contributed by atoms with Crippen molar-refractivity contribution in [3.63, 3.8) is 0 Å². The molecule has 0 bridgehead atoms. The van der Waals surface area contributed by atoms with Crippen LogP contribution >= 0.6 is 0 Å². The molecular weight excluding hydrogens is 206 g/mol. The van der Waals surface area contributed by atoms with Gasteiger partial charge in [-0.25, -0.2) is 4.79 Å². The molecule has 0 aliphatic carbocycles. The average Bonchev–Trinajstić information content (AvgIpc) is 2.62. The van der Waals surface area contributed by atoms with Gasteiger partial charge in [0.25, 0.3) is 0 Å². The fourth-order valence-corrected chi connectivity index (χ4v) is 1.75. The first-order valence-electron chi connectivity index (χ1n) is 5.62. The number of aliphatic hydroxyl groups excluding tert-OH is 1. The second-order valence-corrected chi connectivity index (χ2v) is 5.20. The van der Waals surface area contributed by atoms with Gasteiger partial charge in [-0.1, -0.05) is 6.08 Å². The van der Waals surface area contributed by atoms with Gasteiger partial charge in [-0.05, 0) is 27.2 Å². The fourth-order valence-electron chi connectivity index (χ4n) is 1.75. The van der Waals surface area contributed by atoms with Gasteiger partial charge in [0.05, 0.1) is 6.10 Å². The molecule has 2 unspecified atom stereocenters. The monoisotopic (exact) mass is 227 g/mol. The summed E-state index contributed by atoms with van der Waals surface area (Å²) in [6.45, 7) is 10.3. The van der Waals surface area contributed by atoms with Crippen LogP contribution in [0.25, 0.3) is 0 Å². The molecule has 92 valence electrons. The summed E-state index contributed by atoms with van der Waals surface area (Å²) in [6.07, 6.45) is 1.48. The quantitative estimate of drug-likeness (QED) is 0.732. The number of carbonyl (C=O) groups is 1. The van der Waals surface area contributed by atoms with E-state index >= 15 is 0 Å². The molecule has 1 aliphatic rings. The van der Waals surface area contributed by atoms with Gasteiger partial charge in [0, 0.05) is 19.0 Å². The molecule has 4 nitrogen and oxygen atoms in total. The Morgan fingerprint density at radius 1 is 1.62 bits per heavy atom. The lowest BCUT2D eigenvalue weighted by Gasteiger charge is -2.24. The predicted molar refractivity (Wildman–Crippen MR) is 62.1 cm³/mol. The first-order valence-corrected chi connectivity index (χ1v) is 5.62. The molecule has 0 aromatic carbocycles. The highest BCUT2D eigenvalue weighted by Gasteiger charge is 2.32. The van der Waals surface area contributed by atoms with E-state index in [0.29, 0.717) is 13.1 Å². The number of ether oxygens (including phenoxy) is 1. The third kappa shape index (κ3) is 3.52.